The standard InChI is InChI=1S/C26H22F2N4OS/c27-20-12-8-18(9-13-20)23-7-4-16-31(23)24(33)17-34-26-30-29-25(19-10-14-21(28)15-11-19)32(26)22-5-2-1-3-6-22/h1-3,5-6,8-15,23H,4,7,16-17H2. The average molecular weight is 477 g/mol. The molecular formula is C26H22F2N4OS. The normalized spacial score (nSPS) is 15.6. The van der Waals surface area contributed by atoms with Crippen molar-refractivity contribution >= 4 is 17.7 Å². The molecule has 0 spiro atoms. The second-order valence-corrected chi connectivity index (χ2v) is 9.01. The van der Waals surface area contributed by atoms with Gasteiger partial charge in [0.2, 0.25) is 5.91 Å². The van der Waals surface area contributed by atoms with Crippen LogP contribution in [0.5, 0.6) is 0 Å². The number of rotatable bonds is 6. The van der Waals surface area contributed by atoms with E-state index in [1.807, 2.05) is 39.8 Å². The van der Waals surface area contributed by atoms with Crippen molar-refractivity contribution in [2.45, 2.75) is 24.0 Å². The zero-order valence-electron chi connectivity index (χ0n) is 18.3. The van der Waals surface area contributed by atoms with E-state index < -0.39 is 0 Å². The van der Waals surface area contributed by atoms with Crippen LogP contribution in [0.1, 0.15) is 24.4 Å². The molecule has 0 bridgehead atoms. The van der Waals surface area contributed by atoms with E-state index in [1.165, 1.54) is 36.0 Å². The zero-order chi connectivity index (χ0) is 23.5. The van der Waals surface area contributed by atoms with Crippen LogP contribution in [0.4, 0.5) is 8.78 Å². The summed E-state index contributed by atoms with van der Waals surface area (Å²) < 4.78 is 28.7. The van der Waals surface area contributed by atoms with Crippen molar-refractivity contribution in [1.29, 1.82) is 0 Å². The highest BCUT2D eigenvalue weighted by Crippen LogP contribution is 2.34. The molecule has 5 nitrogen and oxygen atoms in total. The van der Waals surface area contributed by atoms with Crippen molar-refractivity contribution in [1.82, 2.24) is 19.7 Å². The molecule has 0 aliphatic carbocycles. The third-order valence-electron chi connectivity index (χ3n) is 5.90. The molecule has 8 heteroatoms. The molecule has 1 unspecified atom stereocenters. The van der Waals surface area contributed by atoms with Crippen LogP contribution in [0.25, 0.3) is 17.1 Å². The minimum absolute atomic E-state index is 0.00256. The van der Waals surface area contributed by atoms with Gasteiger partial charge in [0.05, 0.1) is 11.8 Å². The molecule has 0 saturated carbocycles. The zero-order valence-corrected chi connectivity index (χ0v) is 19.1. The van der Waals surface area contributed by atoms with Crippen LogP contribution < -0.4 is 0 Å². The first-order valence-electron chi connectivity index (χ1n) is 11.0. The summed E-state index contributed by atoms with van der Waals surface area (Å²) in [5.74, 6) is 0.171. The van der Waals surface area contributed by atoms with Crippen LogP contribution in [-0.2, 0) is 4.79 Å². The minimum atomic E-state index is -0.323. The van der Waals surface area contributed by atoms with E-state index in [9.17, 15) is 13.6 Å². The maximum atomic E-state index is 13.5. The number of amides is 1. The molecule has 0 N–H and O–H groups in total. The topological polar surface area (TPSA) is 51.0 Å². The second-order valence-electron chi connectivity index (χ2n) is 8.07. The quantitative estimate of drug-likeness (QED) is 0.337. The summed E-state index contributed by atoms with van der Waals surface area (Å²) in [4.78, 5) is 15.0. The fourth-order valence-electron chi connectivity index (χ4n) is 4.27. The number of carbonyl (C=O) groups excluding carboxylic acids is 1. The number of para-hydroxylation sites is 1. The smallest absolute Gasteiger partial charge is 0.233 e. The Morgan fingerprint density at radius 2 is 1.59 bits per heavy atom. The lowest BCUT2D eigenvalue weighted by atomic mass is 10.0. The molecule has 1 fully saturated rings. The van der Waals surface area contributed by atoms with Gasteiger partial charge in [0.25, 0.3) is 0 Å². The van der Waals surface area contributed by atoms with Gasteiger partial charge in [0.1, 0.15) is 11.6 Å². The highest BCUT2D eigenvalue weighted by Gasteiger charge is 2.30. The van der Waals surface area contributed by atoms with E-state index >= 15 is 0 Å². The Morgan fingerprint density at radius 3 is 2.29 bits per heavy atom. The lowest BCUT2D eigenvalue weighted by Gasteiger charge is -2.25. The Kier molecular flexibility index (Phi) is 6.40. The maximum Gasteiger partial charge on any atom is 0.233 e. The van der Waals surface area contributed by atoms with Crippen molar-refractivity contribution in [2.24, 2.45) is 0 Å². The summed E-state index contributed by atoms with van der Waals surface area (Å²) in [5.41, 5.74) is 2.53. The van der Waals surface area contributed by atoms with Gasteiger partial charge in [0, 0.05) is 17.8 Å². The van der Waals surface area contributed by atoms with Gasteiger partial charge in [-0.1, -0.05) is 42.1 Å². The summed E-state index contributed by atoms with van der Waals surface area (Å²) in [6.45, 7) is 0.674. The summed E-state index contributed by atoms with van der Waals surface area (Å²) in [7, 11) is 0. The SMILES string of the molecule is O=C(CSc1nnc(-c2ccc(F)cc2)n1-c1ccccc1)N1CCCC1c1ccc(F)cc1. The molecule has 1 aliphatic heterocycles. The molecule has 1 aliphatic rings. The number of thioether (sulfide) groups is 1. The number of hydrogen-bond acceptors (Lipinski definition) is 4. The molecule has 5 rings (SSSR count). The lowest BCUT2D eigenvalue weighted by molar-refractivity contribution is -0.129. The number of likely N-dealkylation sites (tertiary alicyclic amines) is 1. The third-order valence-corrected chi connectivity index (χ3v) is 6.82. The molecule has 2 heterocycles. The van der Waals surface area contributed by atoms with E-state index in [2.05, 4.69) is 10.2 Å². The van der Waals surface area contributed by atoms with E-state index in [1.54, 1.807) is 24.3 Å². The predicted octanol–water partition coefficient (Wildman–Crippen LogP) is 5.67. The fourth-order valence-corrected chi connectivity index (χ4v) is 5.10. The first-order valence-corrected chi connectivity index (χ1v) is 12.0. The van der Waals surface area contributed by atoms with Gasteiger partial charge >= 0.3 is 0 Å². The van der Waals surface area contributed by atoms with E-state index in [0.29, 0.717) is 17.5 Å². The second kappa shape index (κ2) is 9.77. The number of nitrogens with zero attached hydrogens (tertiary/aromatic N) is 4. The lowest BCUT2D eigenvalue weighted by Crippen LogP contribution is -2.32. The molecule has 1 amide bonds. The van der Waals surface area contributed by atoms with Crippen molar-refractivity contribution < 1.29 is 13.6 Å². The molecule has 1 aromatic heterocycles. The van der Waals surface area contributed by atoms with Crippen LogP contribution >= 0.6 is 11.8 Å². The fraction of sp³-hybridized carbons (Fsp3) is 0.192. The molecule has 3 aromatic carbocycles. The van der Waals surface area contributed by atoms with Crippen molar-refractivity contribution in [3.63, 3.8) is 0 Å². The van der Waals surface area contributed by atoms with Crippen molar-refractivity contribution in [3.8, 4) is 17.1 Å². The van der Waals surface area contributed by atoms with Crippen LogP contribution in [0.3, 0.4) is 0 Å². The molecular weight excluding hydrogens is 454 g/mol. The third kappa shape index (κ3) is 4.59. The van der Waals surface area contributed by atoms with Gasteiger partial charge in [-0.2, -0.15) is 0 Å². The van der Waals surface area contributed by atoms with Crippen LogP contribution in [0, 0.1) is 11.6 Å². The Bertz CT molecular complexity index is 1280. The highest BCUT2D eigenvalue weighted by molar-refractivity contribution is 7.99. The Labute approximate surface area is 200 Å². The molecule has 0 radical (unpaired) electrons. The largest absolute Gasteiger partial charge is 0.335 e. The first-order chi connectivity index (χ1) is 16.6. The molecule has 4 aromatic rings. The number of benzene rings is 3. The van der Waals surface area contributed by atoms with Crippen LogP contribution in [0.15, 0.2) is 84.0 Å². The monoisotopic (exact) mass is 476 g/mol. The van der Waals surface area contributed by atoms with E-state index in [4.69, 9.17) is 0 Å². The minimum Gasteiger partial charge on any atom is -0.335 e. The Morgan fingerprint density at radius 1 is 0.912 bits per heavy atom. The molecule has 1 saturated heterocycles. The van der Waals surface area contributed by atoms with Gasteiger partial charge < -0.3 is 4.90 Å². The average Bonchev–Trinajstić information content (AvgIpc) is 3.52. The number of aromatic nitrogens is 3. The molecule has 172 valence electrons. The summed E-state index contributed by atoms with van der Waals surface area (Å²) in [6.07, 6.45) is 1.77. The first kappa shape index (κ1) is 22.3. The van der Waals surface area contributed by atoms with Crippen LogP contribution in [-0.4, -0.2) is 37.9 Å². The van der Waals surface area contributed by atoms with Crippen LogP contribution in [0.2, 0.25) is 0 Å². The molecule has 34 heavy (non-hydrogen) atoms. The van der Waals surface area contributed by atoms with Gasteiger partial charge in [-0.15, -0.1) is 10.2 Å². The number of hydrogen-bond donors (Lipinski definition) is 0. The van der Waals surface area contributed by atoms with Gasteiger partial charge in [-0.3, -0.25) is 9.36 Å². The van der Waals surface area contributed by atoms with E-state index in [-0.39, 0.29) is 29.3 Å². The van der Waals surface area contributed by atoms with Crippen molar-refractivity contribution in [2.75, 3.05) is 12.3 Å². The highest BCUT2D eigenvalue weighted by atomic mass is 32.2. The number of carbonyl (C=O) groups is 1. The van der Waals surface area contributed by atoms with Crippen molar-refractivity contribution in [3.05, 3.63) is 96.1 Å². The van der Waals surface area contributed by atoms with Gasteiger partial charge in [-0.25, -0.2) is 8.78 Å². The van der Waals surface area contributed by atoms with Gasteiger partial charge in [0.15, 0.2) is 11.0 Å². The van der Waals surface area contributed by atoms with Gasteiger partial charge in [-0.05, 0) is 66.9 Å². The summed E-state index contributed by atoms with van der Waals surface area (Å²) in [5, 5.41) is 9.27. The number of halogens is 2. The van der Waals surface area contributed by atoms with E-state index in [0.717, 1.165) is 29.7 Å². The Hall–Kier alpha value is -3.52. The predicted molar refractivity (Wildman–Crippen MR) is 128 cm³/mol. The summed E-state index contributed by atoms with van der Waals surface area (Å²) in [6, 6.07) is 22.1. The maximum absolute atomic E-state index is 13.5. The summed E-state index contributed by atoms with van der Waals surface area (Å²) >= 11 is 1.32. The Balaban J connectivity index is 1.38. The molecule has 1 atom stereocenters.